The summed E-state index contributed by atoms with van der Waals surface area (Å²) in [5.74, 6) is 3.83. The molecule has 0 bridgehead atoms. The van der Waals surface area contributed by atoms with E-state index in [-0.39, 0.29) is 24.4 Å². The summed E-state index contributed by atoms with van der Waals surface area (Å²) < 4.78 is 13.7. The molecule has 0 saturated heterocycles. The second kappa shape index (κ2) is 9.73. The van der Waals surface area contributed by atoms with Gasteiger partial charge in [-0.3, -0.25) is 4.57 Å². The number of rotatable bonds is 7. The third kappa shape index (κ3) is 4.71. The van der Waals surface area contributed by atoms with E-state index in [4.69, 9.17) is 25.2 Å². The Kier molecular flexibility index (Phi) is 7.26. The molecule has 0 aromatic heterocycles. The molecule has 1 fully saturated rings. The molecule has 1 aromatic rings. The van der Waals surface area contributed by atoms with Crippen molar-refractivity contribution in [2.24, 2.45) is 0 Å². The number of aryl methyl sites for hydroxylation is 1. The molecule has 2 heterocycles. The highest BCUT2D eigenvalue weighted by atomic mass is 35.5. The highest BCUT2D eigenvalue weighted by molar-refractivity contribution is 5.85. The molecule has 0 atom stereocenters. The molecule has 0 radical (unpaired) electrons. The summed E-state index contributed by atoms with van der Waals surface area (Å²) in [5.41, 5.74) is 9.13. The summed E-state index contributed by atoms with van der Waals surface area (Å²) in [6, 6.07) is 6.03. The molecule has 0 unspecified atom stereocenters. The molecule has 1 aliphatic carbocycles. The first-order valence-electron chi connectivity index (χ1n) is 10.9. The third-order valence-electron chi connectivity index (χ3n) is 5.73. The number of methoxy groups -OCH3 is 1. The van der Waals surface area contributed by atoms with Gasteiger partial charge in [-0.15, -0.1) is 12.4 Å². The average molecular weight is 446 g/mol. The van der Waals surface area contributed by atoms with Crippen molar-refractivity contribution in [2.45, 2.75) is 71.4 Å². The summed E-state index contributed by atoms with van der Waals surface area (Å²) >= 11 is 0. The van der Waals surface area contributed by atoms with Crippen LogP contribution in [-0.4, -0.2) is 32.7 Å². The minimum absolute atomic E-state index is 0. The molecule has 3 aliphatic rings. The quantitative estimate of drug-likeness (QED) is 0.559. The standard InChI is InChI=1S/C23H31N5O2.ClH/c1-5-17-20-22(27-21(26-20)14(2)3)28(23(24)25-17)13-15-10-11-18(29-4)19(12-15)30-16-8-6-7-9-16;/h10-12,14,16H,5-9,13H2,1-4H3,(H2,24,25);1H. The number of hydrogen-bond acceptors (Lipinski definition) is 6. The van der Waals surface area contributed by atoms with Crippen LogP contribution in [0.5, 0.6) is 11.5 Å². The number of fused-ring (bicyclic) bond motifs is 1. The number of nitrogens with zero attached hydrogens (tertiary/aromatic N) is 4. The van der Waals surface area contributed by atoms with Crippen molar-refractivity contribution in [3.63, 3.8) is 0 Å². The van der Waals surface area contributed by atoms with Crippen molar-refractivity contribution in [2.75, 3.05) is 12.8 Å². The Hall–Kier alpha value is -2.54. The zero-order valence-corrected chi connectivity index (χ0v) is 19.5. The first-order valence-corrected chi connectivity index (χ1v) is 10.9. The average Bonchev–Trinajstić information content (AvgIpc) is 3.40. The van der Waals surface area contributed by atoms with E-state index in [1.807, 2.05) is 22.8 Å². The zero-order valence-electron chi connectivity index (χ0n) is 18.7. The van der Waals surface area contributed by atoms with Gasteiger partial charge < -0.3 is 15.2 Å². The summed E-state index contributed by atoms with van der Waals surface area (Å²) in [6.45, 7) is 6.79. The SMILES string of the molecule is CCc1nc(N)n(Cc2ccc(OC)c(OC3CCCC3)c2)c2nc(C(C)C)nc1-2.Cl. The van der Waals surface area contributed by atoms with Gasteiger partial charge in [-0.25, -0.2) is 15.0 Å². The Morgan fingerprint density at radius 2 is 1.87 bits per heavy atom. The van der Waals surface area contributed by atoms with Crippen LogP contribution in [0.15, 0.2) is 18.2 Å². The highest BCUT2D eigenvalue weighted by Crippen LogP contribution is 2.34. The van der Waals surface area contributed by atoms with Gasteiger partial charge in [0.2, 0.25) is 5.95 Å². The fourth-order valence-corrected chi connectivity index (χ4v) is 4.03. The number of nitrogens with two attached hydrogens (primary N) is 1. The number of halogens is 1. The molecule has 0 spiro atoms. The van der Waals surface area contributed by atoms with E-state index in [9.17, 15) is 0 Å². The Morgan fingerprint density at radius 1 is 1.13 bits per heavy atom. The molecular weight excluding hydrogens is 414 g/mol. The number of hydrogen-bond donors (Lipinski definition) is 1. The first kappa shape index (κ1) is 23.1. The number of nitrogen functional groups attached to an aromatic ring is 1. The van der Waals surface area contributed by atoms with E-state index in [2.05, 4.69) is 25.8 Å². The molecule has 2 N–H and O–H groups in total. The summed E-state index contributed by atoms with van der Waals surface area (Å²) in [7, 11) is 1.67. The smallest absolute Gasteiger partial charge is 0.202 e. The third-order valence-corrected chi connectivity index (χ3v) is 5.73. The van der Waals surface area contributed by atoms with Gasteiger partial charge in [-0.05, 0) is 49.8 Å². The lowest BCUT2D eigenvalue weighted by Gasteiger charge is -2.19. The number of imidazole rings is 1. The van der Waals surface area contributed by atoms with Gasteiger partial charge in [0.25, 0.3) is 0 Å². The van der Waals surface area contributed by atoms with Crippen LogP contribution >= 0.6 is 12.4 Å². The van der Waals surface area contributed by atoms with Gasteiger partial charge in [0, 0.05) is 5.92 Å². The lowest BCUT2D eigenvalue weighted by molar-refractivity contribution is 0.200. The van der Waals surface area contributed by atoms with Crippen LogP contribution in [-0.2, 0) is 13.0 Å². The van der Waals surface area contributed by atoms with Gasteiger partial charge in [0.15, 0.2) is 17.3 Å². The predicted octanol–water partition coefficient (Wildman–Crippen LogP) is 4.85. The summed E-state index contributed by atoms with van der Waals surface area (Å²) in [6.07, 6.45) is 5.66. The van der Waals surface area contributed by atoms with Crippen molar-refractivity contribution in [3.05, 3.63) is 35.3 Å². The van der Waals surface area contributed by atoms with Gasteiger partial charge >= 0.3 is 0 Å². The predicted molar refractivity (Wildman–Crippen MR) is 125 cm³/mol. The fraction of sp³-hybridized carbons (Fsp3) is 0.522. The monoisotopic (exact) mass is 445 g/mol. The van der Waals surface area contributed by atoms with Crippen molar-refractivity contribution in [1.82, 2.24) is 19.5 Å². The number of ether oxygens (including phenoxy) is 2. The van der Waals surface area contributed by atoms with Crippen molar-refractivity contribution < 1.29 is 9.47 Å². The van der Waals surface area contributed by atoms with Gasteiger partial charge in [0.1, 0.15) is 11.5 Å². The minimum Gasteiger partial charge on any atom is -0.493 e. The topological polar surface area (TPSA) is 88.1 Å². The first-order chi connectivity index (χ1) is 14.5. The Morgan fingerprint density at radius 3 is 2.52 bits per heavy atom. The van der Waals surface area contributed by atoms with Crippen LogP contribution in [0, 0.1) is 0 Å². The molecule has 0 amide bonds. The largest absolute Gasteiger partial charge is 0.493 e. The highest BCUT2D eigenvalue weighted by Gasteiger charge is 2.24. The molecule has 31 heavy (non-hydrogen) atoms. The van der Waals surface area contributed by atoms with E-state index in [0.29, 0.717) is 12.5 Å². The van der Waals surface area contributed by atoms with Crippen LogP contribution in [0.1, 0.15) is 69.5 Å². The molecular formula is C23H32ClN5O2. The molecule has 2 aliphatic heterocycles. The summed E-state index contributed by atoms with van der Waals surface area (Å²) in [4.78, 5) is 14.1. The Labute approximate surface area is 190 Å². The summed E-state index contributed by atoms with van der Waals surface area (Å²) in [5, 5.41) is 0. The Balaban J connectivity index is 0.00000272. The van der Waals surface area contributed by atoms with Crippen LogP contribution in [0.4, 0.5) is 5.95 Å². The number of anilines is 1. The minimum atomic E-state index is 0. The van der Waals surface area contributed by atoms with Crippen LogP contribution in [0.3, 0.4) is 0 Å². The van der Waals surface area contributed by atoms with E-state index in [1.165, 1.54) is 12.8 Å². The van der Waals surface area contributed by atoms with Crippen LogP contribution in [0.2, 0.25) is 0 Å². The maximum atomic E-state index is 6.35. The number of benzene rings is 1. The molecule has 4 rings (SSSR count). The lowest BCUT2D eigenvalue weighted by Crippen LogP contribution is -2.16. The fourth-order valence-electron chi connectivity index (χ4n) is 4.03. The maximum absolute atomic E-state index is 6.35. The van der Waals surface area contributed by atoms with Gasteiger partial charge in [0.05, 0.1) is 25.5 Å². The van der Waals surface area contributed by atoms with Crippen molar-refractivity contribution >= 4 is 18.4 Å². The van der Waals surface area contributed by atoms with Crippen molar-refractivity contribution in [1.29, 1.82) is 0 Å². The molecule has 1 aromatic carbocycles. The second-order valence-corrected chi connectivity index (χ2v) is 8.27. The van der Waals surface area contributed by atoms with Gasteiger partial charge in [-0.1, -0.05) is 26.8 Å². The van der Waals surface area contributed by atoms with Gasteiger partial charge in [-0.2, -0.15) is 0 Å². The molecule has 168 valence electrons. The van der Waals surface area contributed by atoms with E-state index < -0.39 is 0 Å². The zero-order chi connectivity index (χ0) is 21.3. The number of aromatic nitrogens is 4. The van der Waals surface area contributed by atoms with E-state index in [0.717, 1.165) is 59.4 Å². The van der Waals surface area contributed by atoms with Crippen molar-refractivity contribution in [3.8, 4) is 23.0 Å². The van der Waals surface area contributed by atoms with E-state index >= 15 is 0 Å². The van der Waals surface area contributed by atoms with Crippen LogP contribution in [0.25, 0.3) is 11.5 Å². The normalized spacial score (nSPS) is 14.2. The maximum Gasteiger partial charge on any atom is 0.202 e. The van der Waals surface area contributed by atoms with E-state index in [1.54, 1.807) is 7.11 Å². The van der Waals surface area contributed by atoms with Crippen LogP contribution < -0.4 is 15.2 Å². The Bertz CT molecular complexity index is 998. The molecule has 7 nitrogen and oxygen atoms in total. The lowest BCUT2D eigenvalue weighted by atomic mass is 10.1. The molecule has 8 heteroatoms. The second-order valence-electron chi connectivity index (χ2n) is 8.27. The molecule has 1 saturated carbocycles.